The quantitative estimate of drug-likeness (QED) is 0.787. The minimum atomic E-state index is -0.324. The maximum Gasteiger partial charge on any atom is 0.0787 e. The maximum atomic E-state index is 9.71. The molecule has 0 fully saturated rings. The summed E-state index contributed by atoms with van der Waals surface area (Å²) < 4.78 is 0. The van der Waals surface area contributed by atoms with Gasteiger partial charge < -0.3 is 10.0 Å². The predicted octanol–water partition coefficient (Wildman–Crippen LogP) is 2.90. The van der Waals surface area contributed by atoms with Gasteiger partial charge in [-0.25, -0.2) is 0 Å². The summed E-state index contributed by atoms with van der Waals surface area (Å²) in [6.07, 6.45) is 6.00. The molecule has 0 saturated heterocycles. The van der Waals surface area contributed by atoms with Crippen molar-refractivity contribution in [2.75, 3.05) is 18.0 Å². The Kier molecular flexibility index (Phi) is 3.62. The largest absolute Gasteiger partial charge is 0.388 e. The van der Waals surface area contributed by atoms with E-state index in [0.717, 1.165) is 31.5 Å². The Morgan fingerprint density at radius 1 is 1.25 bits per heavy atom. The fourth-order valence-electron chi connectivity index (χ4n) is 2.02. The molecule has 0 aliphatic carbocycles. The van der Waals surface area contributed by atoms with Crippen LogP contribution in [0, 0.1) is 0 Å². The molecule has 0 aromatic heterocycles. The zero-order chi connectivity index (χ0) is 11.4. The van der Waals surface area contributed by atoms with Gasteiger partial charge in [0.15, 0.2) is 0 Å². The van der Waals surface area contributed by atoms with Crippen LogP contribution in [0.3, 0.4) is 0 Å². The third kappa shape index (κ3) is 2.45. The van der Waals surface area contributed by atoms with E-state index < -0.39 is 0 Å². The van der Waals surface area contributed by atoms with Crippen LogP contribution in [0.15, 0.2) is 36.4 Å². The van der Waals surface area contributed by atoms with E-state index in [4.69, 9.17) is 0 Å². The molecule has 2 nitrogen and oxygen atoms in total. The van der Waals surface area contributed by atoms with Crippen molar-refractivity contribution in [3.05, 3.63) is 42.0 Å². The van der Waals surface area contributed by atoms with Gasteiger partial charge in [-0.05, 0) is 30.5 Å². The molecule has 86 valence electrons. The molecule has 2 rings (SSSR count). The first-order valence-electron chi connectivity index (χ1n) is 5.99. The summed E-state index contributed by atoms with van der Waals surface area (Å²) in [5, 5.41) is 9.71. The van der Waals surface area contributed by atoms with Gasteiger partial charge in [0.2, 0.25) is 0 Å². The molecular formula is C14H19NO. The van der Waals surface area contributed by atoms with E-state index in [1.165, 1.54) is 5.69 Å². The summed E-state index contributed by atoms with van der Waals surface area (Å²) in [5.74, 6) is 0. The van der Waals surface area contributed by atoms with Crippen molar-refractivity contribution in [3.63, 3.8) is 0 Å². The summed E-state index contributed by atoms with van der Waals surface area (Å²) in [6.45, 7) is 4.08. The highest BCUT2D eigenvalue weighted by atomic mass is 16.3. The third-order valence-corrected chi connectivity index (χ3v) is 3.09. The molecular weight excluding hydrogens is 198 g/mol. The zero-order valence-corrected chi connectivity index (χ0v) is 9.76. The van der Waals surface area contributed by atoms with Gasteiger partial charge in [-0.3, -0.25) is 0 Å². The van der Waals surface area contributed by atoms with Gasteiger partial charge >= 0.3 is 0 Å². The lowest BCUT2D eigenvalue weighted by Crippen LogP contribution is -2.26. The molecule has 1 aliphatic rings. The number of aliphatic hydroxyl groups is 1. The second-order valence-corrected chi connectivity index (χ2v) is 4.22. The van der Waals surface area contributed by atoms with E-state index in [1.54, 1.807) is 0 Å². The molecule has 0 amide bonds. The molecule has 0 bridgehead atoms. The molecule has 1 aromatic carbocycles. The second kappa shape index (κ2) is 5.17. The van der Waals surface area contributed by atoms with E-state index in [1.807, 2.05) is 19.1 Å². The highest BCUT2D eigenvalue weighted by Crippen LogP contribution is 2.22. The van der Waals surface area contributed by atoms with Crippen molar-refractivity contribution in [2.45, 2.75) is 25.9 Å². The van der Waals surface area contributed by atoms with Crippen molar-refractivity contribution in [2.24, 2.45) is 0 Å². The molecule has 0 radical (unpaired) electrons. The Morgan fingerprint density at radius 3 is 2.56 bits per heavy atom. The van der Waals surface area contributed by atoms with Crippen molar-refractivity contribution < 1.29 is 5.11 Å². The van der Waals surface area contributed by atoms with E-state index in [2.05, 4.69) is 29.2 Å². The van der Waals surface area contributed by atoms with Crippen molar-refractivity contribution in [3.8, 4) is 0 Å². The zero-order valence-electron chi connectivity index (χ0n) is 9.76. The van der Waals surface area contributed by atoms with Gasteiger partial charge in [0.25, 0.3) is 0 Å². The average Bonchev–Trinajstić information content (AvgIpc) is 2.39. The Morgan fingerprint density at radius 2 is 2.00 bits per heavy atom. The second-order valence-electron chi connectivity index (χ2n) is 4.22. The summed E-state index contributed by atoms with van der Waals surface area (Å²) in [6, 6.07) is 8.27. The first-order valence-corrected chi connectivity index (χ1v) is 5.99. The fourth-order valence-corrected chi connectivity index (χ4v) is 2.02. The number of aliphatic hydroxyl groups excluding tert-OH is 1. The number of rotatable bonds is 3. The standard InChI is InChI=1S/C14H19NO/c1-2-14(16)12-6-8-13(9-7-12)15-10-4-3-5-11-15/h3-4,6-9,14,16H,2,5,10-11H2,1H3/t14-/m0/s1. The summed E-state index contributed by atoms with van der Waals surface area (Å²) in [4.78, 5) is 2.35. The van der Waals surface area contributed by atoms with Crippen LogP contribution in [0.2, 0.25) is 0 Å². The normalized spacial score (nSPS) is 17.5. The van der Waals surface area contributed by atoms with Crippen LogP contribution in [0.5, 0.6) is 0 Å². The maximum absolute atomic E-state index is 9.71. The molecule has 1 aliphatic heterocycles. The monoisotopic (exact) mass is 217 g/mol. The Balaban J connectivity index is 2.09. The van der Waals surface area contributed by atoms with Crippen LogP contribution in [-0.4, -0.2) is 18.2 Å². The van der Waals surface area contributed by atoms with Crippen LogP contribution in [0.1, 0.15) is 31.4 Å². The fraction of sp³-hybridized carbons (Fsp3) is 0.429. The van der Waals surface area contributed by atoms with Crippen LogP contribution in [-0.2, 0) is 0 Å². The lowest BCUT2D eigenvalue weighted by molar-refractivity contribution is 0.173. The van der Waals surface area contributed by atoms with Crippen LogP contribution in [0.25, 0.3) is 0 Å². The molecule has 1 atom stereocenters. The molecule has 1 heterocycles. The first-order chi connectivity index (χ1) is 7.81. The van der Waals surface area contributed by atoms with Gasteiger partial charge in [0.05, 0.1) is 6.10 Å². The van der Waals surface area contributed by atoms with Crippen LogP contribution in [0.4, 0.5) is 5.69 Å². The van der Waals surface area contributed by atoms with Gasteiger partial charge in [0.1, 0.15) is 0 Å². The lowest BCUT2D eigenvalue weighted by Gasteiger charge is -2.25. The van der Waals surface area contributed by atoms with Crippen LogP contribution < -0.4 is 4.90 Å². The Labute approximate surface area is 97.2 Å². The topological polar surface area (TPSA) is 23.5 Å². The predicted molar refractivity (Wildman–Crippen MR) is 67.7 cm³/mol. The number of benzene rings is 1. The lowest BCUT2D eigenvalue weighted by atomic mass is 10.1. The third-order valence-electron chi connectivity index (χ3n) is 3.09. The number of hydrogen-bond acceptors (Lipinski definition) is 2. The van der Waals surface area contributed by atoms with Gasteiger partial charge in [-0.1, -0.05) is 31.2 Å². The minimum absolute atomic E-state index is 0.324. The van der Waals surface area contributed by atoms with Crippen molar-refractivity contribution in [1.29, 1.82) is 0 Å². The van der Waals surface area contributed by atoms with Gasteiger partial charge in [-0.15, -0.1) is 0 Å². The summed E-state index contributed by atoms with van der Waals surface area (Å²) in [7, 11) is 0. The minimum Gasteiger partial charge on any atom is -0.388 e. The van der Waals surface area contributed by atoms with E-state index in [-0.39, 0.29) is 6.10 Å². The van der Waals surface area contributed by atoms with Gasteiger partial charge in [-0.2, -0.15) is 0 Å². The van der Waals surface area contributed by atoms with Gasteiger partial charge in [0, 0.05) is 18.8 Å². The van der Waals surface area contributed by atoms with E-state index in [9.17, 15) is 5.11 Å². The van der Waals surface area contributed by atoms with Crippen molar-refractivity contribution >= 4 is 5.69 Å². The van der Waals surface area contributed by atoms with Crippen LogP contribution >= 0.6 is 0 Å². The molecule has 2 heteroatoms. The molecule has 1 N–H and O–H groups in total. The Hall–Kier alpha value is -1.28. The van der Waals surface area contributed by atoms with Crippen molar-refractivity contribution in [1.82, 2.24) is 0 Å². The molecule has 0 saturated carbocycles. The average molecular weight is 217 g/mol. The number of nitrogens with zero attached hydrogens (tertiary/aromatic N) is 1. The smallest absolute Gasteiger partial charge is 0.0787 e. The molecule has 0 unspecified atom stereocenters. The number of hydrogen-bond donors (Lipinski definition) is 1. The Bertz CT molecular complexity index is 356. The first kappa shape index (κ1) is 11.2. The SMILES string of the molecule is CC[C@H](O)c1ccc(N2CC=CCC2)cc1. The molecule has 0 spiro atoms. The highest BCUT2D eigenvalue weighted by Gasteiger charge is 2.08. The molecule has 16 heavy (non-hydrogen) atoms. The highest BCUT2D eigenvalue weighted by molar-refractivity contribution is 5.49. The summed E-state index contributed by atoms with van der Waals surface area (Å²) >= 11 is 0. The molecule has 1 aromatic rings. The summed E-state index contributed by atoms with van der Waals surface area (Å²) in [5.41, 5.74) is 2.26. The van der Waals surface area contributed by atoms with E-state index in [0.29, 0.717) is 0 Å². The van der Waals surface area contributed by atoms with E-state index >= 15 is 0 Å². The number of anilines is 1.